The second-order valence-corrected chi connectivity index (χ2v) is 3.81. The number of amidine groups is 1. The standard InChI is InChI=1S/C9H14N2O.ClH/c10-9-4-2-6-1-3-7(12)5-8(6)11-9;/h6,8H,1-5H2,(H2,10,11);1H. The molecule has 74 valence electrons. The molecule has 0 aromatic carbocycles. The number of hydrogen-bond donors (Lipinski definition) is 2. The molecule has 2 fully saturated rings. The summed E-state index contributed by atoms with van der Waals surface area (Å²) < 4.78 is 0. The molecule has 2 unspecified atom stereocenters. The zero-order chi connectivity index (χ0) is 8.55. The molecule has 2 aliphatic rings. The van der Waals surface area contributed by atoms with Crippen LogP contribution in [0.5, 0.6) is 0 Å². The Morgan fingerprint density at radius 2 is 2.00 bits per heavy atom. The number of carbonyl (C=O) groups is 1. The number of ketones is 1. The van der Waals surface area contributed by atoms with E-state index in [1.807, 2.05) is 0 Å². The van der Waals surface area contributed by atoms with Crippen molar-refractivity contribution in [3.05, 3.63) is 0 Å². The third kappa shape index (κ3) is 2.21. The SMILES string of the molecule is Cl.N=C1CCC2CCC(=O)CC2N1. The minimum absolute atomic E-state index is 0. The highest BCUT2D eigenvalue weighted by Crippen LogP contribution is 2.28. The lowest BCUT2D eigenvalue weighted by Crippen LogP contribution is -2.47. The Kier molecular flexibility index (Phi) is 3.31. The van der Waals surface area contributed by atoms with Crippen LogP contribution >= 0.6 is 12.4 Å². The summed E-state index contributed by atoms with van der Waals surface area (Å²) in [4.78, 5) is 11.1. The van der Waals surface area contributed by atoms with Crippen molar-refractivity contribution in [3.63, 3.8) is 0 Å². The molecule has 1 saturated heterocycles. The van der Waals surface area contributed by atoms with Gasteiger partial charge in [-0.3, -0.25) is 10.2 Å². The number of rotatable bonds is 0. The van der Waals surface area contributed by atoms with Crippen LogP contribution in [0, 0.1) is 11.3 Å². The highest BCUT2D eigenvalue weighted by molar-refractivity contribution is 5.85. The number of Topliss-reactive ketones (excluding diaryl/α,β-unsaturated/α-hetero) is 1. The van der Waals surface area contributed by atoms with E-state index in [0.717, 1.165) is 25.7 Å². The molecule has 2 atom stereocenters. The maximum atomic E-state index is 11.1. The van der Waals surface area contributed by atoms with Crippen LogP contribution in [0.1, 0.15) is 32.1 Å². The van der Waals surface area contributed by atoms with Crippen molar-refractivity contribution in [1.82, 2.24) is 5.32 Å². The molecule has 1 saturated carbocycles. The van der Waals surface area contributed by atoms with E-state index < -0.39 is 0 Å². The van der Waals surface area contributed by atoms with Crippen LogP contribution in [0.3, 0.4) is 0 Å². The average Bonchev–Trinajstić information content (AvgIpc) is 2.03. The lowest BCUT2D eigenvalue weighted by atomic mass is 9.79. The number of nitrogens with one attached hydrogen (secondary N) is 2. The van der Waals surface area contributed by atoms with Crippen LogP contribution in [-0.2, 0) is 4.79 Å². The molecule has 3 nitrogen and oxygen atoms in total. The second kappa shape index (κ2) is 4.09. The largest absolute Gasteiger partial charge is 0.371 e. The highest BCUT2D eigenvalue weighted by Gasteiger charge is 2.32. The summed E-state index contributed by atoms with van der Waals surface area (Å²) in [6.07, 6.45) is 4.41. The van der Waals surface area contributed by atoms with Gasteiger partial charge >= 0.3 is 0 Å². The normalized spacial score (nSPS) is 32.9. The number of carbonyl (C=O) groups excluding carboxylic acids is 1. The fourth-order valence-corrected chi connectivity index (χ4v) is 2.20. The van der Waals surface area contributed by atoms with Gasteiger partial charge in [-0.1, -0.05) is 0 Å². The summed E-state index contributed by atoms with van der Waals surface area (Å²) in [7, 11) is 0. The monoisotopic (exact) mass is 202 g/mol. The predicted octanol–water partition coefficient (Wildman–Crippen LogP) is 1.51. The molecule has 0 amide bonds. The molecule has 2 N–H and O–H groups in total. The van der Waals surface area contributed by atoms with E-state index in [2.05, 4.69) is 5.32 Å². The molecule has 0 spiro atoms. The number of piperidine rings is 1. The zero-order valence-electron chi connectivity index (χ0n) is 7.51. The van der Waals surface area contributed by atoms with Crippen LogP contribution < -0.4 is 5.32 Å². The van der Waals surface area contributed by atoms with E-state index in [4.69, 9.17) is 5.41 Å². The molecular formula is C9H15ClN2O. The third-order valence-corrected chi connectivity index (χ3v) is 2.94. The maximum absolute atomic E-state index is 11.1. The lowest BCUT2D eigenvalue weighted by Gasteiger charge is -2.36. The summed E-state index contributed by atoms with van der Waals surface area (Å²) in [6.45, 7) is 0. The van der Waals surface area contributed by atoms with Crippen molar-refractivity contribution in [2.75, 3.05) is 0 Å². The van der Waals surface area contributed by atoms with Crippen LogP contribution in [0.2, 0.25) is 0 Å². The zero-order valence-corrected chi connectivity index (χ0v) is 8.32. The smallest absolute Gasteiger partial charge is 0.134 e. The lowest BCUT2D eigenvalue weighted by molar-refractivity contribution is -0.121. The molecule has 0 aromatic heterocycles. The summed E-state index contributed by atoms with van der Waals surface area (Å²) in [5, 5.41) is 10.6. The van der Waals surface area contributed by atoms with Gasteiger partial charge in [-0.15, -0.1) is 12.4 Å². The Hall–Kier alpha value is -0.570. The van der Waals surface area contributed by atoms with E-state index in [1.165, 1.54) is 0 Å². The van der Waals surface area contributed by atoms with E-state index >= 15 is 0 Å². The van der Waals surface area contributed by atoms with Crippen molar-refractivity contribution in [3.8, 4) is 0 Å². The van der Waals surface area contributed by atoms with Crippen LogP contribution in [-0.4, -0.2) is 17.7 Å². The van der Waals surface area contributed by atoms with Gasteiger partial charge in [0.1, 0.15) is 5.78 Å². The molecule has 2 rings (SSSR count). The van der Waals surface area contributed by atoms with Crippen molar-refractivity contribution >= 4 is 24.0 Å². The van der Waals surface area contributed by atoms with Gasteiger partial charge in [-0.05, 0) is 18.8 Å². The van der Waals surface area contributed by atoms with Gasteiger partial charge in [0.25, 0.3) is 0 Å². The highest BCUT2D eigenvalue weighted by atomic mass is 35.5. The van der Waals surface area contributed by atoms with E-state index in [-0.39, 0.29) is 18.4 Å². The number of fused-ring (bicyclic) bond motifs is 1. The molecule has 1 heterocycles. The fourth-order valence-electron chi connectivity index (χ4n) is 2.20. The summed E-state index contributed by atoms with van der Waals surface area (Å²) in [5.41, 5.74) is 0. The number of halogens is 1. The summed E-state index contributed by atoms with van der Waals surface area (Å²) in [5.74, 6) is 1.63. The fraction of sp³-hybridized carbons (Fsp3) is 0.778. The van der Waals surface area contributed by atoms with Gasteiger partial charge in [-0.25, -0.2) is 0 Å². The first-order valence-electron chi connectivity index (χ1n) is 4.61. The molecule has 1 aliphatic heterocycles. The van der Waals surface area contributed by atoms with Gasteiger partial charge in [0.15, 0.2) is 0 Å². The Morgan fingerprint density at radius 1 is 1.31 bits per heavy atom. The molecule has 4 heteroatoms. The summed E-state index contributed by atoms with van der Waals surface area (Å²) in [6, 6.07) is 0.285. The molecule has 0 aromatic rings. The average molecular weight is 203 g/mol. The van der Waals surface area contributed by atoms with E-state index in [9.17, 15) is 4.79 Å². The van der Waals surface area contributed by atoms with E-state index in [0.29, 0.717) is 24.0 Å². The Bertz CT molecular complexity index is 208. The van der Waals surface area contributed by atoms with E-state index in [1.54, 1.807) is 0 Å². The quantitative estimate of drug-likeness (QED) is 0.626. The van der Waals surface area contributed by atoms with Gasteiger partial charge in [-0.2, -0.15) is 0 Å². The van der Waals surface area contributed by atoms with Gasteiger partial charge in [0, 0.05) is 25.3 Å². The third-order valence-electron chi connectivity index (χ3n) is 2.94. The maximum Gasteiger partial charge on any atom is 0.134 e. The van der Waals surface area contributed by atoms with Crippen LogP contribution in [0.15, 0.2) is 0 Å². The first kappa shape index (κ1) is 10.5. The van der Waals surface area contributed by atoms with Gasteiger partial charge in [0.05, 0.1) is 5.84 Å². The molecule has 1 aliphatic carbocycles. The van der Waals surface area contributed by atoms with Crippen molar-refractivity contribution in [2.45, 2.75) is 38.1 Å². The summed E-state index contributed by atoms with van der Waals surface area (Å²) >= 11 is 0. The minimum atomic E-state index is 0. The Balaban J connectivity index is 0.000000845. The molecular weight excluding hydrogens is 188 g/mol. The predicted molar refractivity (Wildman–Crippen MR) is 53.5 cm³/mol. The van der Waals surface area contributed by atoms with Crippen molar-refractivity contribution in [2.24, 2.45) is 5.92 Å². The first-order chi connectivity index (χ1) is 5.75. The number of hydrogen-bond acceptors (Lipinski definition) is 2. The molecule has 13 heavy (non-hydrogen) atoms. The molecule has 0 bridgehead atoms. The van der Waals surface area contributed by atoms with Gasteiger partial charge in [0.2, 0.25) is 0 Å². The van der Waals surface area contributed by atoms with Crippen molar-refractivity contribution in [1.29, 1.82) is 5.41 Å². The molecule has 0 radical (unpaired) electrons. The van der Waals surface area contributed by atoms with Gasteiger partial charge < -0.3 is 5.32 Å². The van der Waals surface area contributed by atoms with Crippen LogP contribution in [0.4, 0.5) is 0 Å². The topological polar surface area (TPSA) is 53.0 Å². The Labute approximate surface area is 84.2 Å². The second-order valence-electron chi connectivity index (χ2n) is 3.81. The minimum Gasteiger partial charge on any atom is -0.371 e. The van der Waals surface area contributed by atoms with Crippen LogP contribution in [0.25, 0.3) is 0 Å². The Morgan fingerprint density at radius 3 is 2.77 bits per heavy atom. The first-order valence-corrected chi connectivity index (χ1v) is 4.61. The van der Waals surface area contributed by atoms with Crippen molar-refractivity contribution < 1.29 is 4.79 Å².